The van der Waals surface area contributed by atoms with Crippen molar-refractivity contribution in [3.8, 4) is 0 Å². The molecule has 0 radical (unpaired) electrons. The van der Waals surface area contributed by atoms with Gasteiger partial charge in [-0.05, 0) is 56.3 Å². The zero-order valence-electron chi connectivity index (χ0n) is 11.0. The van der Waals surface area contributed by atoms with Crippen LogP contribution in [0.15, 0.2) is 0 Å². The number of ether oxygens (including phenoxy) is 1. The summed E-state index contributed by atoms with van der Waals surface area (Å²) in [7, 11) is 0. The summed E-state index contributed by atoms with van der Waals surface area (Å²) < 4.78 is 5.69. The fourth-order valence-electron chi connectivity index (χ4n) is 4.72. The van der Waals surface area contributed by atoms with E-state index in [0.29, 0.717) is 17.8 Å². The zero-order valence-corrected chi connectivity index (χ0v) is 11.0. The highest BCUT2D eigenvalue weighted by Gasteiger charge is 2.53. The third-order valence-corrected chi connectivity index (χ3v) is 5.00. The molecule has 4 aliphatic carbocycles. The first-order valence-electron chi connectivity index (χ1n) is 7.16. The van der Waals surface area contributed by atoms with E-state index in [4.69, 9.17) is 15.6 Å². The molecule has 4 rings (SSSR count). The second-order valence-corrected chi connectivity index (χ2v) is 6.73. The number of aliphatic carboxylic acids is 1. The normalized spacial score (nSPS) is 41.0. The van der Waals surface area contributed by atoms with Gasteiger partial charge in [0.15, 0.2) is 0 Å². The van der Waals surface area contributed by atoms with Crippen molar-refractivity contribution in [2.75, 3.05) is 0 Å². The third kappa shape index (κ3) is 2.48. The van der Waals surface area contributed by atoms with Crippen LogP contribution in [-0.2, 0) is 14.3 Å². The summed E-state index contributed by atoms with van der Waals surface area (Å²) in [5.41, 5.74) is 5.26. The first-order valence-corrected chi connectivity index (χ1v) is 7.16. The Morgan fingerprint density at radius 2 is 1.63 bits per heavy atom. The molecule has 19 heavy (non-hydrogen) atoms. The number of carbonyl (C=O) groups excluding carboxylic acids is 1. The molecule has 0 spiro atoms. The van der Waals surface area contributed by atoms with Crippen molar-refractivity contribution < 1.29 is 19.4 Å². The van der Waals surface area contributed by atoms with Crippen LogP contribution in [0.25, 0.3) is 0 Å². The van der Waals surface area contributed by atoms with E-state index in [-0.39, 0.29) is 12.0 Å². The van der Waals surface area contributed by atoms with Gasteiger partial charge in [0, 0.05) is 0 Å². The van der Waals surface area contributed by atoms with Crippen LogP contribution in [0, 0.1) is 17.8 Å². The SMILES string of the molecule is NC(CC(=O)O)C(=O)OC12CC3CC(CC(C3)C1)C2. The fraction of sp³-hybridized carbons (Fsp3) is 0.857. The molecule has 0 saturated heterocycles. The minimum absolute atomic E-state index is 0.331. The van der Waals surface area contributed by atoms with E-state index >= 15 is 0 Å². The lowest BCUT2D eigenvalue weighted by Crippen LogP contribution is -2.54. The summed E-state index contributed by atoms with van der Waals surface area (Å²) in [6.07, 6.45) is 6.32. The van der Waals surface area contributed by atoms with Crippen molar-refractivity contribution >= 4 is 11.9 Å². The lowest BCUT2D eigenvalue weighted by molar-refractivity contribution is -0.188. The Balaban J connectivity index is 1.66. The molecule has 106 valence electrons. The largest absolute Gasteiger partial charge is 0.481 e. The molecule has 0 aromatic carbocycles. The number of carboxylic acid groups (broad SMARTS) is 1. The monoisotopic (exact) mass is 267 g/mol. The highest BCUT2D eigenvalue weighted by atomic mass is 16.6. The molecular formula is C14H21NO4. The van der Waals surface area contributed by atoms with Crippen molar-refractivity contribution in [1.82, 2.24) is 0 Å². The van der Waals surface area contributed by atoms with Crippen molar-refractivity contribution in [2.24, 2.45) is 23.5 Å². The summed E-state index contributed by atoms with van der Waals surface area (Å²) >= 11 is 0. The molecule has 0 aromatic heterocycles. The second kappa shape index (κ2) is 4.47. The Kier molecular flexibility index (Phi) is 3.04. The number of esters is 1. The standard InChI is InChI=1S/C14H21NO4/c15-11(4-12(16)17)13(18)19-14-5-8-1-9(6-14)3-10(2-8)7-14/h8-11H,1-7,15H2,(H,16,17). The van der Waals surface area contributed by atoms with E-state index in [1.165, 1.54) is 19.3 Å². The van der Waals surface area contributed by atoms with E-state index in [9.17, 15) is 9.59 Å². The Bertz CT molecular complexity index is 371. The predicted octanol–water partition coefficient (Wildman–Crippen LogP) is 1.30. The summed E-state index contributed by atoms with van der Waals surface area (Å²) in [6.45, 7) is 0. The van der Waals surface area contributed by atoms with Gasteiger partial charge in [0.25, 0.3) is 0 Å². The maximum atomic E-state index is 12.0. The smallest absolute Gasteiger partial charge is 0.324 e. The molecule has 4 fully saturated rings. The van der Waals surface area contributed by atoms with Gasteiger partial charge >= 0.3 is 11.9 Å². The Labute approximate surface area is 112 Å². The molecule has 1 atom stereocenters. The van der Waals surface area contributed by atoms with Crippen LogP contribution in [0.1, 0.15) is 44.9 Å². The van der Waals surface area contributed by atoms with Crippen molar-refractivity contribution in [1.29, 1.82) is 0 Å². The third-order valence-electron chi connectivity index (χ3n) is 5.00. The van der Waals surface area contributed by atoms with Gasteiger partial charge in [-0.15, -0.1) is 0 Å². The second-order valence-electron chi connectivity index (χ2n) is 6.73. The predicted molar refractivity (Wildman–Crippen MR) is 67.2 cm³/mol. The van der Waals surface area contributed by atoms with Gasteiger partial charge in [0.1, 0.15) is 11.6 Å². The minimum atomic E-state index is -1.06. The van der Waals surface area contributed by atoms with E-state index in [1.807, 2.05) is 0 Å². The van der Waals surface area contributed by atoms with Crippen LogP contribution in [0.2, 0.25) is 0 Å². The van der Waals surface area contributed by atoms with Crippen LogP contribution >= 0.6 is 0 Å². The topological polar surface area (TPSA) is 89.6 Å². The molecule has 0 heterocycles. The van der Waals surface area contributed by atoms with Gasteiger partial charge in [-0.1, -0.05) is 0 Å². The van der Waals surface area contributed by atoms with E-state index < -0.39 is 18.0 Å². The zero-order chi connectivity index (χ0) is 13.6. The minimum Gasteiger partial charge on any atom is -0.481 e. The van der Waals surface area contributed by atoms with Gasteiger partial charge in [-0.2, -0.15) is 0 Å². The molecule has 4 bridgehead atoms. The molecule has 0 amide bonds. The Hall–Kier alpha value is -1.10. The summed E-state index contributed by atoms with van der Waals surface area (Å²) in [5.74, 6) is 0.471. The van der Waals surface area contributed by atoms with Crippen LogP contribution in [0.5, 0.6) is 0 Å². The highest BCUT2D eigenvalue weighted by Crippen LogP contribution is 2.57. The average molecular weight is 267 g/mol. The number of nitrogens with two attached hydrogens (primary N) is 1. The Morgan fingerprint density at radius 1 is 1.16 bits per heavy atom. The van der Waals surface area contributed by atoms with E-state index in [1.54, 1.807) is 0 Å². The average Bonchev–Trinajstić information content (AvgIpc) is 2.24. The fourth-order valence-corrected chi connectivity index (χ4v) is 4.72. The molecular weight excluding hydrogens is 246 g/mol. The lowest BCUT2D eigenvalue weighted by Gasteiger charge is -2.55. The van der Waals surface area contributed by atoms with Crippen LogP contribution in [0.4, 0.5) is 0 Å². The van der Waals surface area contributed by atoms with Gasteiger partial charge in [-0.25, -0.2) is 0 Å². The molecule has 0 aromatic rings. The van der Waals surface area contributed by atoms with Crippen molar-refractivity contribution in [3.63, 3.8) is 0 Å². The van der Waals surface area contributed by atoms with Gasteiger partial charge in [0.2, 0.25) is 0 Å². The lowest BCUT2D eigenvalue weighted by atomic mass is 9.54. The summed E-state index contributed by atoms with van der Waals surface area (Å²) in [4.78, 5) is 22.5. The molecule has 0 aliphatic heterocycles. The number of hydrogen-bond acceptors (Lipinski definition) is 4. The maximum Gasteiger partial charge on any atom is 0.324 e. The quantitative estimate of drug-likeness (QED) is 0.749. The molecule has 1 unspecified atom stereocenters. The van der Waals surface area contributed by atoms with Crippen LogP contribution in [-0.4, -0.2) is 28.7 Å². The maximum absolute atomic E-state index is 12.0. The molecule has 5 heteroatoms. The van der Waals surface area contributed by atoms with Crippen LogP contribution < -0.4 is 5.73 Å². The van der Waals surface area contributed by atoms with Crippen LogP contribution in [0.3, 0.4) is 0 Å². The van der Waals surface area contributed by atoms with Gasteiger partial charge in [0.05, 0.1) is 6.42 Å². The molecule has 4 saturated carbocycles. The number of rotatable bonds is 4. The highest BCUT2D eigenvalue weighted by molar-refractivity contribution is 5.82. The van der Waals surface area contributed by atoms with Gasteiger partial charge < -0.3 is 15.6 Å². The van der Waals surface area contributed by atoms with Gasteiger partial charge in [-0.3, -0.25) is 9.59 Å². The van der Waals surface area contributed by atoms with Crippen molar-refractivity contribution in [3.05, 3.63) is 0 Å². The first-order chi connectivity index (χ1) is 8.96. The molecule has 5 nitrogen and oxygen atoms in total. The summed E-state index contributed by atoms with van der Waals surface area (Å²) in [5, 5.41) is 8.67. The number of hydrogen-bond donors (Lipinski definition) is 2. The molecule has 4 aliphatic rings. The Morgan fingerprint density at radius 3 is 2.05 bits per heavy atom. The van der Waals surface area contributed by atoms with E-state index in [0.717, 1.165) is 19.3 Å². The van der Waals surface area contributed by atoms with Crippen molar-refractivity contribution in [2.45, 2.75) is 56.6 Å². The first kappa shape index (κ1) is 12.9. The number of carboxylic acids is 1. The number of carbonyl (C=O) groups is 2. The van der Waals surface area contributed by atoms with E-state index in [2.05, 4.69) is 0 Å². The summed E-state index contributed by atoms with van der Waals surface area (Å²) in [6, 6.07) is -1.04. The molecule has 3 N–H and O–H groups in total.